The summed E-state index contributed by atoms with van der Waals surface area (Å²) in [5.41, 5.74) is 0. The van der Waals surface area contributed by atoms with Gasteiger partial charge in [-0.2, -0.15) is 0 Å². The zero-order chi connectivity index (χ0) is 21.5. The minimum Gasteiger partial charge on any atom is -0.473 e. The Bertz CT molecular complexity index is 570. The summed E-state index contributed by atoms with van der Waals surface area (Å²) in [4.78, 5) is 20.4. The number of nitrogens with zero attached hydrogens (tertiary/aromatic N) is 4. The minimum atomic E-state index is -1.82. The molecular formula is C17H33N5O5S. The molecule has 10 nitrogen and oxygen atoms in total. The first-order chi connectivity index (χ1) is 13.3. The average molecular weight is 420 g/mol. The van der Waals surface area contributed by atoms with Gasteiger partial charge in [0.05, 0.1) is 12.6 Å². The highest BCUT2D eigenvalue weighted by Crippen LogP contribution is 2.25. The smallest absolute Gasteiger partial charge is 0.414 e. The maximum absolute atomic E-state index is 9.10. The van der Waals surface area contributed by atoms with Gasteiger partial charge in [0.15, 0.2) is 11.0 Å². The number of unbranched alkanes of at least 4 members (excludes halogenated alkanes) is 1. The Morgan fingerprint density at radius 3 is 2.29 bits per heavy atom. The number of hydrogen-bond donors (Lipinski definition) is 4. The number of hydrogen-bond acceptors (Lipinski definition) is 8. The number of thioether (sulfide) groups is 1. The van der Waals surface area contributed by atoms with Crippen LogP contribution >= 0.6 is 11.8 Å². The van der Waals surface area contributed by atoms with E-state index in [2.05, 4.69) is 52.9 Å². The molecule has 4 N–H and O–H groups in total. The van der Waals surface area contributed by atoms with Crippen LogP contribution in [0.25, 0.3) is 0 Å². The Labute approximate surface area is 170 Å². The molecule has 0 saturated carbocycles. The standard InChI is InChI=1S/C15H31N5OS.C2H2O4/c1-5-7-10-20-14(13(6-2)19(3)4)17-18-15(20)22-12-9-16-8-11-21;3-1(4)2(5)6/h13,16,21H,5-12H2,1-4H3;(H,3,4)(H,5,6). The van der Waals surface area contributed by atoms with Crippen molar-refractivity contribution in [3.63, 3.8) is 0 Å². The van der Waals surface area contributed by atoms with Gasteiger partial charge in [-0.25, -0.2) is 9.59 Å². The van der Waals surface area contributed by atoms with Gasteiger partial charge < -0.3 is 25.2 Å². The molecule has 0 bridgehead atoms. The fourth-order valence-corrected chi connectivity index (χ4v) is 3.25. The maximum Gasteiger partial charge on any atom is 0.414 e. The lowest BCUT2D eigenvalue weighted by molar-refractivity contribution is -0.159. The van der Waals surface area contributed by atoms with Gasteiger partial charge in [0.1, 0.15) is 0 Å². The number of aromatic nitrogens is 3. The second-order valence-electron chi connectivity index (χ2n) is 6.17. The van der Waals surface area contributed by atoms with E-state index in [1.165, 1.54) is 6.42 Å². The lowest BCUT2D eigenvalue weighted by Gasteiger charge is -2.23. The second kappa shape index (κ2) is 15.3. The highest BCUT2D eigenvalue weighted by atomic mass is 32.2. The van der Waals surface area contributed by atoms with Crippen molar-refractivity contribution in [2.75, 3.05) is 39.5 Å². The molecule has 0 spiro atoms. The van der Waals surface area contributed by atoms with Crippen LogP contribution in [-0.4, -0.2) is 86.5 Å². The normalized spacial score (nSPS) is 11.8. The van der Waals surface area contributed by atoms with Crippen molar-refractivity contribution in [2.45, 2.75) is 50.9 Å². The SMILES string of the molecule is CCCCn1c(SCCNCCO)nnc1C(CC)N(C)C.O=C(O)C(=O)O. The molecule has 11 heteroatoms. The van der Waals surface area contributed by atoms with Crippen molar-refractivity contribution in [3.05, 3.63) is 5.82 Å². The fourth-order valence-electron chi connectivity index (χ4n) is 2.38. The van der Waals surface area contributed by atoms with Gasteiger partial charge in [-0.05, 0) is 26.9 Å². The van der Waals surface area contributed by atoms with Crippen molar-refractivity contribution in [1.29, 1.82) is 0 Å². The Balaban J connectivity index is 0.00000105. The van der Waals surface area contributed by atoms with Crippen LogP contribution in [0.2, 0.25) is 0 Å². The predicted molar refractivity (Wildman–Crippen MR) is 108 cm³/mol. The van der Waals surface area contributed by atoms with E-state index in [-0.39, 0.29) is 6.61 Å². The molecule has 162 valence electrons. The second-order valence-corrected chi connectivity index (χ2v) is 7.23. The molecular weight excluding hydrogens is 386 g/mol. The summed E-state index contributed by atoms with van der Waals surface area (Å²) in [7, 11) is 4.19. The van der Waals surface area contributed by atoms with Crippen LogP contribution in [-0.2, 0) is 16.1 Å². The first-order valence-corrected chi connectivity index (χ1v) is 10.3. The molecule has 0 aliphatic rings. The van der Waals surface area contributed by atoms with Crippen LogP contribution in [0.15, 0.2) is 5.16 Å². The lowest BCUT2D eigenvalue weighted by atomic mass is 10.2. The molecule has 1 heterocycles. The van der Waals surface area contributed by atoms with E-state index in [9.17, 15) is 0 Å². The maximum atomic E-state index is 9.10. The van der Waals surface area contributed by atoms with Crippen molar-refractivity contribution < 1.29 is 24.9 Å². The number of rotatable bonds is 12. The van der Waals surface area contributed by atoms with Gasteiger partial charge in [-0.1, -0.05) is 32.0 Å². The van der Waals surface area contributed by atoms with E-state index < -0.39 is 11.9 Å². The van der Waals surface area contributed by atoms with E-state index in [1.54, 1.807) is 11.8 Å². The molecule has 0 aliphatic heterocycles. The fraction of sp³-hybridized carbons (Fsp3) is 0.765. The molecule has 0 saturated heterocycles. The third-order valence-electron chi connectivity index (χ3n) is 3.77. The lowest BCUT2D eigenvalue weighted by Crippen LogP contribution is -2.23. The number of carboxylic acid groups (broad SMARTS) is 2. The van der Waals surface area contributed by atoms with Gasteiger partial charge in [0, 0.05) is 25.4 Å². The molecule has 1 unspecified atom stereocenters. The third-order valence-corrected chi connectivity index (χ3v) is 4.74. The van der Waals surface area contributed by atoms with Crippen molar-refractivity contribution in [2.24, 2.45) is 0 Å². The summed E-state index contributed by atoms with van der Waals surface area (Å²) in [6.07, 6.45) is 3.34. The minimum absolute atomic E-state index is 0.183. The Morgan fingerprint density at radius 1 is 1.18 bits per heavy atom. The summed E-state index contributed by atoms with van der Waals surface area (Å²) in [6, 6.07) is 0.311. The summed E-state index contributed by atoms with van der Waals surface area (Å²) in [5.74, 6) is -1.64. The molecule has 0 amide bonds. The Kier molecular flexibility index (Phi) is 14.3. The Morgan fingerprint density at radius 2 is 1.82 bits per heavy atom. The average Bonchev–Trinajstić information content (AvgIpc) is 3.03. The Hall–Kier alpha value is -1.69. The number of carbonyl (C=O) groups is 2. The summed E-state index contributed by atoms with van der Waals surface area (Å²) < 4.78 is 2.29. The highest BCUT2D eigenvalue weighted by molar-refractivity contribution is 7.99. The van der Waals surface area contributed by atoms with Gasteiger partial charge in [0.2, 0.25) is 0 Å². The van der Waals surface area contributed by atoms with E-state index in [0.29, 0.717) is 12.6 Å². The van der Waals surface area contributed by atoms with E-state index in [1.807, 2.05) is 0 Å². The summed E-state index contributed by atoms with van der Waals surface area (Å²) >= 11 is 1.74. The molecule has 28 heavy (non-hydrogen) atoms. The highest BCUT2D eigenvalue weighted by Gasteiger charge is 2.21. The van der Waals surface area contributed by atoms with Gasteiger partial charge in [-0.3, -0.25) is 4.90 Å². The monoisotopic (exact) mass is 419 g/mol. The molecule has 1 aromatic rings. The molecule has 1 rings (SSSR count). The van der Waals surface area contributed by atoms with E-state index >= 15 is 0 Å². The largest absolute Gasteiger partial charge is 0.473 e. The van der Waals surface area contributed by atoms with Crippen LogP contribution < -0.4 is 5.32 Å². The van der Waals surface area contributed by atoms with Gasteiger partial charge >= 0.3 is 11.9 Å². The van der Waals surface area contributed by atoms with Crippen LogP contribution in [0.5, 0.6) is 0 Å². The quantitative estimate of drug-likeness (QED) is 0.219. The number of aliphatic carboxylic acids is 2. The summed E-state index contributed by atoms with van der Waals surface area (Å²) in [6.45, 7) is 7.07. The molecule has 0 aliphatic carbocycles. The van der Waals surface area contributed by atoms with Crippen LogP contribution in [0, 0.1) is 0 Å². The van der Waals surface area contributed by atoms with Crippen molar-refractivity contribution >= 4 is 23.7 Å². The molecule has 0 aromatic carbocycles. The van der Waals surface area contributed by atoms with Gasteiger partial charge in [-0.15, -0.1) is 10.2 Å². The van der Waals surface area contributed by atoms with Crippen LogP contribution in [0.4, 0.5) is 0 Å². The predicted octanol–water partition coefficient (Wildman–Crippen LogP) is 0.921. The number of nitrogens with one attached hydrogen (secondary N) is 1. The first-order valence-electron chi connectivity index (χ1n) is 9.30. The van der Waals surface area contributed by atoms with Crippen LogP contribution in [0.3, 0.4) is 0 Å². The van der Waals surface area contributed by atoms with E-state index in [0.717, 1.165) is 42.7 Å². The molecule has 0 radical (unpaired) electrons. The van der Waals surface area contributed by atoms with E-state index in [4.69, 9.17) is 24.9 Å². The summed E-state index contributed by atoms with van der Waals surface area (Å²) in [5, 5.41) is 36.6. The number of aliphatic hydroxyl groups excluding tert-OH is 1. The number of aliphatic hydroxyl groups is 1. The molecule has 1 atom stereocenters. The first kappa shape index (κ1) is 26.3. The molecule has 0 fully saturated rings. The van der Waals surface area contributed by atoms with Crippen LogP contribution in [0.1, 0.15) is 45.0 Å². The zero-order valence-electron chi connectivity index (χ0n) is 17.1. The topological polar surface area (TPSA) is 141 Å². The van der Waals surface area contributed by atoms with Crippen molar-refractivity contribution in [3.8, 4) is 0 Å². The molecule has 1 aromatic heterocycles. The zero-order valence-corrected chi connectivity index (χ0v) is 17.9. The number of carboxylic acids is 2. The van der Waals surface area contributed by atoms with Gasteiger partial charge in [0.25, 0.3) is 0 Å². The third kappa shape index (κ3) is 10.0. The van der Waals surface area contributed by atoms with Crippen molar-refractivity contribution in [1.82, 2.24) is 25.0 Å².